The molecule has 0 aliphatic rings. The zero-order valence-electron chi connectivity index (χ0n) is 7.57. The molecule has 0 aromatic carbocycles. The van der Waals surface area contributed by atoms with Crippen LogP contribution in [0.25, 0.3) is 5.78 Å². The van der Waals surface area contributed by atoms with E-state index in [0.717, 1.165) is 10.6 Å². The molecule has 2 aromatic rings. The first kappa shape index (κ1) is 9.56. The Morgan fingerprint density at radius 3 is 2.93 bits per heavy atom. The number of rotatable bonds is 2. The van der Waals surface area contributed by atoms with Gasteiger partial charge < -0.3 is 4.74 Å². The number of methoxy groups -OCH3 is 1. The van der Waals surface area contributed by atoms with Gasteiger partial charge in [-0.3, -0.25) is 9.78 Å². The van der Waals surface area contributed by atoms with Crippen LogP contribution in [0.3, 0.4) is 0 Å². The van der Waals surface area contributed by atoms with Gasteiger partial charge >= 0.3 is 6.01 Å². The van der Waals surface area contributed by atoms with Crippen LogP contribution in [-0.2, 0) is 0 Å². The fourth-order valence-electron chi connectivity index (χ4n) is 1.14. The van der Waals surface area contributed by atoms with Gasteiger partial charge in [0, 0.05) is 6.07 Å². The molecule has 1 N–H and O–H groups in total. The monoisotopic (exact) mass is 216 g/mol. The molecule has 8 heteroatoms. The number of ether oxygens (including phenoxy) is 1. The van der Waals surface area contributed by atoms with Crippen molar-refractivity contribution in [3.8, 4) is 6.01 Å². The molecule has 0 aliphatic carbocycles. The van der Waals surface area contributed by atoms with Crippen LogP contribution in [0.5, 0.6) is 6.01 Å². The van der Waals surface area contributed by atoms with E-state index in [1.807, 2.05) is 0 Å². The van der Waals surface area contributed by atoms with Crippen LogP contribution in [0.1, 0.15) is 12.1 Å². The van der Waals surface area contributed by atoms with Crippen molar-refractivity contribution < 1.29 is 13.5 Å². The zero-order chi connectivity index (χ0) is 11.0. The van der Waals surface area contributed by atoms with Crippen LogP contribution < -0.4 is 10.3 Å². The Labute approximate surface area is 81.5 Å². The number of aromatic amines is 1. The number of H-pyrrole nitrogens is 1. The van der Waals surface area contributed by atoms with E-state index in [2.05, 4.69) is 19.8 Å². The van der Waals surface area contributed by atoms with Gasteiger partial charge in [0.25, 0.3) is 12.0 Å². The molecule has 15 heavy (non-hydrogen) atoms. The summed E-state index contributed by atoms with van der Waals surface area (Å²) < 4.78 is 30.5. The highest BCUT2D eigenvalue weighted by molar-refractivity contribution is 5.30. The molecule has 0 atom stereocenters. The lowest BCUT2D eigenvalue weighted by molar-refractivity contribution is 0.142. The summed E-state index contributed by atoms with van der Waals surface area (Å²) in [5.41, 5.74) is -1.18. The van der Waals surface area contributed by atoms with Crippen molar-refractivity contribution in [2.45, 2.75) is 6.43 Å². The summed E-state index contributed by atoms with van der Waals surface area (Å²) in [6.45, 7) is 0. The summed E-state index contributed by atoms with van der Waals surface area (Å²) in [6, 6.07) is 0.685. The molecule has 0 unspecified atom stereocenters. The van der Waals surface area contributed by atoms with Crippen molar-refractivity contribution in [1.82, 2.24) is 19.6 Å². The summed E-state index contributed by atoms with van der Waals surface area (Å²) in [4.78, 5) is 16.9. The van der Waals surface area contributed by atoms with Gasteiger partial charge in [-0.05, 0) is 0 Å². The molecular formula is C7H6F2N4O2. The number of alkyl halides is 2. The number of nitrogens with one attached hydrogen (secondary N) is 1. The minimum Gasteiger partial charge on any atom is -0.466 e. The van der Waals surface area contributed by atoms with E-state index in [1.165, 1.54) is 7.11 Å². The van der Waals surface area contributed by atoms with E-state index in [0.29, 0.717) is 0 Å². The van der Waals surface area contributed by atoms with Gasteiger partial charge in [0.05, 0.1) is 7.11 Å². The number of fused-ring (bicyclic) bond motifs is 1. The van der Waals surface area contributed by atoms with E-state index in [4.69, 9.17) is 0 Å². The SMILES string of the molecule is COc1nc2[nH]c(=O)cc(C(F)F)n2n1. The fourth-order valence-corrected chi connectivity index (χ4v) is 1.14. The van der Waals surface area contributed by atoms with Crippen LogP contribution in [0.2, 0.25) is 0 Å². The predicted molar refractivity (Wildman–Crippen MR) is 45.1 cm³/mol. The Morgan fingerprint density at radius 2 is 2.33 bits per heavy atom. The highest BCUT2D eigenvalue weighted by Gasteiger charge is 2.16. The summed E-state index contributed by atoms with van der Waals surface area (Å²) in [5, 5.41) is 3.63. The summed E-state index contributed by atoms with van der Waals surface area (Å²) >= 11 is 0. The minimum atomic E-state index is -2.80. The Bertz CT molecular complexity index is 547. The van der Waals surface area contributed by atoms with Gasteiger partial charge in [0.2, 0.25) is 5.78 Å². The van der Waals surface area contributed by atoms with Gasteiger partial charge in [0.1, 0.15) is 5.69 Å². The third-order valence-electron chi connectivity index (χ3n) is 1.75. The molecule has 0 aliphatic heterocycles. The molecule has 2 heterocycles. The van der Waals surface area contributed by atoms with Crippen LogP contribution in [0.4, 0.5) is 8.78 Å². The number of halogens is 2. The van der Waals surface area contributed by atoms with Crippen molar-refractivity contribution in [2.24, 2.45) is 0 Å². The van der Waals surface area contributed by atoms with Crippen LogP contribution in [0.15, 0.2) is 10.9 Å². The smallest absolute Gasteiger partial charge is 0.337 e. The van der Waals surface area contributed by atoms with Crippen LogP contribution >= 0.6 is 0 Å². The second-order valence-corrected chi connectivity index (χ2v) is 2.69. The molecule has 2 rings (SSSR count). The fraction of sp³-hybridized carbons (Fsp3) is 0.286. The van der Waals surface area contributed by atoms with E-state index in [-0.39, 0.29) is 11.8 Å². The molecule has 80 valence electrons. The standard InChI is InChI=1S/C7H6F2N4O2/c1-15-7-11-6-10-4(14)2-3(5(8)9)13(6)12-7/h2,5H,1H3,(H,10,11,12,14). The normalized spacial score (nSPS) is 11.2. The first-order chi connectivity index (χ1) is 7.11. The molecule has 6 nitrogen and oxygen atoms in total. The number of nitrogens with zero attached hydrogens (tertiary/aromatic N) is 3. The van der Waals surface area contributed by atoms with Crippen molar-refractivity contribution in [3.63, 3.8) is 0 Å². The Kier molecular flexibility index (Phi) is 2.10. The maximum atomic E-state index is 12.5. The van der Waals surface area contributed by atoms with Crippen molar-refractivity contribution >= 4 is 5.78 Å². The third kappa shape index (κ3) is 1.53. The second-order valence-electron chi connectivity index (χ2n) is 2.69. The average Bonchev–Trinajstić information content (AvgIpc) is 2.58. The topological polar surface area (TPSA) is 72.3 Å². The van der Waals surface area contributed by atoms with Crippen molar-refractivity contribution in [2.75, 3.05) is 7.11 Å². The Hall–Kier alpha value is -1.99. The van der Waals surface area contributed by atoms with Crippen LogP contribution in [0, 0.1) is 0 Å². The van der Waals surface area contributed by atoms with Crippen LogP contribution in [-0.4, -0.2) is 26.7 Å². The maximum absolute atomic E-state index is 12.5. The first-order valence-corrected chi connectivity index (χ1v) is 3.94. The van der Waals surface area contributed by atoms with Gasteiger partial charge in [0.15, 0.2) is 0 Å². The van der Waals surface area contributed by atoms with E-state index >= 15 is 0 Å². The third-order valence-corrected chi connectivity index (χ3v) is 1.75. The molecular weight excluding hydrogens is 210 g/mol. The Balaban J connectivity index is 2.78. The quantitative estimate of drug-likeness (QED) is 0.786. The molecule has 0 amide bonds. The van der Waals surface area contributed by atoms with Crippen molar-refractivity contribution in [1.29, 1.82) is 0 Å². The van der Waals surface area contributed by atoms with E-state index in [9.17, 15) is 13.6 Å². The zero-order valence-corrected chi connectivity index (χ0v) is 7.57. The number of hydrogen-bond acceptors (Lipinski definition) is 4. The van der Waals surface area contributed by atoms with Gasteiger partial charge in [-0.15, -0.1) is 5.10 Å². The van der Waals surface area contributed by atoms with Crippen molar-refractivity contribution in [3.05, 3.63) is 22.1 Å². The summed E-state index contributed by atoms with van der Waals surface area (Å²) in [7, 11) is 1.30. The van der Waals surface area contributed by atoms with Gasteiger partial charge in [-0.25, -0.2) is 8.78 Å². The highest BCUT2D eigenvalue weighted by atomic mass is 19.3. The first-order valence-electron chi connectivity index (χ1n) is 3.94. The molecule has 0 radical (unpaired) electrons. The second kappa shape index (κ2) is 3.30. The minimum absolute atomic E-state index is 0.0744. The number of hydrogen-bond donors (Lipinski definition) is 1. The molecule has 0 fully saturated rings. The number of aromatic nitrogens is 4. The van der Waals surface area contributed by atoms with E-state index < -0.39 is 17.7 Å². The average molecular weight is 216 g/mol. The van der Waals surface area contributed by atoms with Gasteiger partial charge in [-0.1, -0.05) is 0 Å². The molecule has 2 aromatic heterocycles. The highest BCUT2D eigenvalue weighted by Crippen LogP contribution is 2.17. The Morgan fingerprint density at radius 1 is 1.60 bits per heavy atom. The lowest BCUT2D eigenvalue weighted by Crippen LogP contribution is -2.12. The lowest BCUT2D eigenvalue weighted by atomic mass is 10.4. The maximum Gasteiger partial charge on any atom is 0.337 e. The largest absolute Gasteiger partial charge is 0.466 e. The lowest BCUT2D eigenvalue weighted by Gasteiger charge is -1.99. The summed E-state index contributed by atoms with van der Waals surface area (Å²) in [5.74, 6) is -0.0744. The predicted octanol–water partition coefficient (Wildman–Crippen LogP) is 0.364. The summed E-state index contributed by atoms with van der Waals surface area (Å²) in [6.07, 6.45) is -2.80. The molecule has 0 saturated carbocycles. The van der Waals surface area contributed by atoms with E-state index in [1.54, 1.807) is 0 Å². The molecule has 0 bridgehead atoms. The van der Waals surface area contributed by atoms with Gasteiger partial charge in [-0.2, -0.15) is 9.50 Å². The molecule has 0 saturated heterocycles. The molecule has 0 spiro atoms.